The third-order valence-corrected chi connectivity index (χ3v) is 7.52. The number of Topliss-reactive ketones (excluding diaryl/α,β-unsaturated/α-hetero) is 1. The van der Waals surface area contributed by atoms with Crippen molar-refractivity contribution in [1.29, 1.82) is 0 Å². The van der Waals surface area contributed by atoms with E-state index >= 15 is 0 Å². The molecule has 0 fully saturated rings. The van der Waals surface area contributed by atoms with Crippen LogP contribution in [0.5, 0.6) is 0 Å². The highest BCUT2D eigenvalue weighted by Gasteiger charge is 2.24. The molecule has 5 rings (SSSR count). The Morgan fingerprint density at radius 3 is 2.77 bits per heavy atom. The van der Waals surface area contributed by atoms with Gasteiger partial charge in [0.2, 0.25) is 0 Å². The summed E-state index contributed by atoms with van der Waals surface area (Å²) >= 11 is 2.96. The van der Waals surface area contributed by atoms with Crippen LogP contribution in [0.2, 0.25) is 0 Å². The number of rotatable bonds is 5. The van der Waals surface area contributed by atoms with Crippen LogP contribution in [0, 0.1) is 6.92 Å². The van der Waals surface area contributed by atoms with Crippen LogP contribution < -0.4 is 5.56 Å². The maximum atomic E-state index is 13.6. The standard InChI is InChI=1S/C24H20N2O2S2/c1-15-7-5-10-17(13-15)26-23(28)21-18-11-6-12-20(18)30-22(21)25-24(26)29-14-19(27)16-8-3-2-4-9-16/h2-5,7-10,13H,6,11-12,14H2,1H3. The lowest BCUT2D eigenvalue weighted by atomic mass is 10.2. The second-order valence-electron chi connectivity index (χ2n) is 7.49. The van der Waals surface area contributed by atoms with Crippen molar-refractivity contribution >= 4 is 39.1 Å². The van der Waals surface area contributed by atoms with E-state index in [1.165, 1.54) is 22.2 Å². The summed E-state index contributed by atoms with van der Waals surface area (Å²) in [6, 6.07) is 17.1. The topological polar surface area (TPSA) is 52.0 Å². The van der Waals surface area contributed by atoms with Gasteiger partial charge in [-0.25, -0.2) is 4.98 Å². The van der Waals surface area contributed by atoms with E-state index in [0.29, 0.717) is 10.7 Å². The van der Waals surface area contributed by atoms with Crippen LogP contribution in [0.25, 0.3) is 15.9 Å². The SMILES string of the molecule is Cc1cccc(-n2c(SCC(=O)c3ccccc3)nc3sc4c(c3c2=O)CCC4)c1. The molecule has 2 aromatic carbocycles. The first-order valence-electron chi connectivity index (χ1n) is 9.97. The number of benzene rings is 2. The van der Waals surface area contributed by atoms with Crippen LogP contribution in [0.1, 0.15) is 32.8 Å². The third-order valence-electron chi connectivity index (χ3n) is 5.40. The number of ketones is 1. The molecule has 0 radical (unpaired) electrons. The monoisotopic (exact) mass is 432 g/mol. The largest absolute Gasteiger partial charge is 0.293 e. The van der Waals surface area contributed by atoms with Gasteiger partial charge in [0, 0.05) is 10.4 Å². The highest BCUT2D eigenvalue weighted by atomic mass is 32.2. The number of carbonyl (C=O) groups is 1. The first kappa shape index (κ1) is 19.3. The lowest BCUT2D eigenvalue weighted by molar-refractivity contribution is 0.102. The molecule has 1 aliphatic carbocycles. The van der Waals surface area contributed by atoms with Crippen molar-refractivity contribution in [1.82, 2.24) is 9.55 Å². The van der Waals surface area contributed by atoms with Crippen molar-refractivity contribution < 1.29 is 4.79 Å². The lowest BCUT2D eigenvalue weighted by Crippen LogP contribution is -2.22. The predicted octanol–water partition coefficient (Wildman–Crippen LogP) is 5.22. The van der Waals surface area contributed by atoms with Crippen molar-refractivity contribution in [3.8, 4) is 5.69 Å². The number of fused-ring (bicyclic) bond motifs is 3. The Balaban J connectivity index is 1.62. The highest BCUT2D eigenvalue weighted by molar-refractivity contribution is 7.99. The van der Waals surface area contributed by atoms with Crippen molar-refractivity contribution in [3.63, 3.8) is 0 Å². The molecule has 0 spiro atoms. The molecule has 0 saturated heterocycles. The van der Waals surface area contributed by atoms with Gasteiger partial charge in [0.05, 0.1) is 16.8 Å². The fourth-order valence-electron chi connectivity index (χ4n) is 3.95. The Bertz CT molecular complexity index is 1320. The van der Waals surface area contributed by atoms with Crippen molar-refractivity contribution in [2.24, 2.45) is 0 Å². The molecule has 2 heterocycles. The van der Waals surface area contributed by atoms with Crippen LogP contribution >= 0.6 is 23.1 Å². The number of aromatic nitrogens is 2. The van der Waals surface area contributed by atoms with Gasteiger partial charge in [-0.2, -0.15) is 0 Å². The number of carbonyl (C=O) groups excluding carboxylic acids is 1. The van der Waals surface area contributed by atoms with Gasteiger partial charge >= 0.3 is 0 Å². The van der Waals surface area contributed by atoms with E-state index in [4.69, 9.17) is 4.98 Å². The summed E-state index contributed by atoms with van der Waals surface area (Å²) < 4.78 is 1.68. The van der Waals surface area contributed by atoms with Crippen molar-refractivity contribution in [2.75, 3.05) is 5.75 Å². The number of aryl methyl sites for hydroxylation is 3. The summed E-state index contributed by atoms with van der Waals surface area (Å²) in [4.78, 5) is 33.2. The summed E-state index contributed by atoms with van der Waals surface area (Å²) in [6.07, 6.45) is 3.07. The van der Waals surface area contributed by atoms with Gasteiger partial charge in [0.1, 0.15) is 4.83 Å². The summed E-state index contributed by atoms with van der Waals surface area (Å²) in [5.41, 5.74) is 3.68. The third kappa shape index (κ3) is 3.40. The molecule has 4 nitrogen and oxygen atoms in total. The van der Waals surface area contributed by atoms with E-state index in [1.54, 1.807) is 15.9 Å². The van der Waals surface area contributed by atoms with Crippen LogP contribution in [0.4, 0.5) is 0 Å². The molecule has 0 atom stereocenters. The Morgan fingerprint density at radius 2 is 1.97 bits per heavy atom. The van der Waals surface area contributed by atoms with E-state index < -0.39 is 0 Å². The molecular weight excluding hydrogens is 412 g/mol. The Kier molecular flexibility index (Phi) is 5.05. The maximum absolute atomic E-state index is 13.6. The minimum atomic E-state index is -0.0281. The smallest absolute Gasteiger partial charge is 0.267 e. The van der Waals surface area contributed by atoms with Gasteiger partial charge in [0.15, 0.2) is 10.9 Å². The molecule has 4 aromatic rings. The highest BCUT2D eigenvalue weighted by Crippen LogP contribution is 2.36. The number of hydrogen-bond acceptors (Lipinski definition) is 5. The first-order chi connectivity index (χ1) is 14.6. The normalized spacial score (nSPS) is 13.0. The summed E-state index contributed by atoms with van der Waals surface area (Å²) in [5.74, 6) is 0.262. The lowest BCUT2D eigenvalue weighted by Gasteiger charge is -2.13. The molecule has 0 amide bonds. The number of thiophene rings is 1. The van der Waals surface area contributed by atoms with Crippen molar-refractivity contribution in [3.05, 3.63) is 86.5 Å². The number of thioether (sulfide) groups is 1. The minimum absolute atomic E-state index is 0.0272. The van der Waals surface area contributed by atoms with Crippen LogP contribution in [0.15, 0.2) is 64.5 Å². The molecule has 0 N–H and O–H groups in total. The second-order valence-corrected chi connectivity index (χ2v) is 9.52. The molecule has 0 aliphatic heterocycles. The van der Waals surface area contributed by atoms with E-state index in [0.717, 1.165) is 40.7 Å². The van der Waals surface area contributed by atoms with Gasteiger partial charge in [-0.15, -0.1) is 11.3 Å². The Labute approximate surface area is 182 Å². The molecule has 0 unspecified atom stereocenters. The molecule has 0 bridgehead atoms. The number of hydrogen-bond donors (Lipinski definition) is 0. The summed E-state index contributed by atoms with van der Waals surface area (Å²) in [6.45, 7) is 2.01. The summed E-state index contributed by atoms with van der Waals surface area (Å²) in [5, 5.41) is 1.33. The van der Waals surface area contributed by atoms with E-state index in [-0.39, 0.29) is 17.1 Å². The second kappa shape index (κ2) is 7.85. The molecule has 30 heavy (non-hydrogen) atoms. The number of nitrogens with zero attached hydrogens (tertiary/aromatic N) is 2. The zero-order valence-electron chi connectivity index (χ0n) is 16.6. The van der Waals surface area contributed by atoms with Gasteiger partial charge in [-0.3, -0.25) is 14.2 Å². The minimum Gasteiger partial charge on any atom is -0.293 e. The molecule has 1 aliphatic rings. The quantitative estimate of drug-likeness (QED) is 0.246. The maximum Gasteiger partial charge on any atom is 0.267 e. The fourth-order valence-corrected chi connectivity index (χ4v) is 6.16. The zero-order valence-corrected chi connectivity index (χ0v) is 18.2. The van der Waals surface area contributed by atoms with E-state index in [1.807, 2.05) is 61.5 Å². The van der Waals surface area contributed by atoms with Gasteiger partial charge in [0.25, 0.3) is 5.56 Å². The fraction of sp³-hybridized carbons (Fsp3) is 0.208. The zero-order chi connectivity index (χ0) is 20.7. The average Bonchev–Trinajstić information content (AvgIpc) is 3.33. The molecule has 0 saturated carbocycles. The van der Waals surface area contributed by atoms with E-state index in [2.05, 4.69) is 0 Å². The predicted molar refractivity (Wildman–Crippen MR) is 123 cm³/mol. The molecule has 2 aromatic heterocycles. The summed E-state index contributed by atoms with van der Waals surface area (Å²) in [7, 11) is 0. The van der Waals surface area contributed by atoms with Crippen LogP contribution in [0.3, 0.4) is 0 Å². The van der Waals surface area contributed by atoms with E-state index in [9.17, 15) is 9.59 Å². The molecule has 6 heteroatoms. The first-order valence-corrected chi connectivity index (χ1v) is 11.8. The average molecular weight is 433 g/mol. The van der Waals surface area contributed by atoms with Gasteiger partial charge in [-0.1, -0.05) is 54.2 Å². The van der Waals surface area contributed by atoms with Crippen LogP contribution in [-0.4, -0.2) is 21.1 Å². The van der Waals surface area contributed by atoms with Crippen LogP contribution in [-0.2, 0) is 12.8 Å². The molecular formula is C24H20N2O2S2. The molecule has 150 valence electrons. The van der Waals surface area contributed by atoms with Crippen molar-refractivity contribution in [2.45, 2.75) is 31.3 Å². The Hall–Kier alpha value is -2.70. The van der Waals surface area contributed by atoms with Gasteiger partial charge in [-0.05, 0) is 49.4 Å². The van der Waals surface area contributed by atoms with Gasteiger partial charge < -0.3 is 0 Å². The Morgan fingerprint density at radius 1 is 1.13 bits per heavy atom.